The number of hydrogen-bond acceptors (Lipinski definition) is 2. The smallest absolute Gasteiger partial charge is 0.266 e. The topological polar surface area (TPSA) is 46.5 Å². The van der Waals surface area contributed by atoms with E-state index in [2.05, 4.69) is 0 Å². The van der Waals surface area contributed by atoms with Crippen molar-refractivity contribution < 1.29 is 14.2 Å². The average molecular weight is 295 g/mol. The summed E-state index contributed by atoms with van der Waals surface area (Å²) in [7, 11) is -3.66. The fraction of sp³-hybridized carbons (Fsp3) is 0.143. The molecule has 0 bridgehead atoms. The van der Waals surface area contributed by atoms with E-state index in [1.54, 1.807) is 18.2 Å². The van der Waals surface area contributed by atoms with Gasteiger partial charge in [-0.05, 0) is 49.2 Å². The maximum Gasteiger partial charge on any atom is 0.266 e. The summed E-state index contributed by atoms with van der Waals surface area (Å²) in [5.74, 6) is 0.876. The third-order valence-electron chi connectivity index (χ3n) is 3.19. The number of aryl methyl sites for hydroxylation is 2. The van der Waals surface area contributed by atoms with Crippen molar-refractivity contribution in [3.05, 3.63) is 46.5 Å². The van der Waals surface area contributed by atoms with Gasteiger partial charge in [-0.25, -0.2) is 0 Å². The molecule has 0 spiro atoms. The second-order valence-corrected chi connectivity index (χ2v) is 7.27. The molecule has 1 heterocycles. The van der Waals surface area contributed by atoms with Crippen molar-refractivity contribution in [3.63, 3.8) is 0 Å². The Bertz CT molecular complexity index is 740. The van der Waals surface area contributed by atoms with Gasteiger partial charge >= 0.3 is 0 Å². The van der Waals surface area contributed by atoms with Crippen LogP contribution >= 0.6 is 19.0 Å². The Labute approximate surface area is 116 Å². The highest BCUT2D eigenvalue weighted by molar-refractivity contribution is 7.74. The van der Waals surface area contributed by atoms with Crippen molar-refractivity contribution in [3.8, 4) is 11.5 Å². The minimum atomic E-state index is -3.66. The summed E-state index contributed by atoms with van der Waals surface area (Å²) in [4.78, 5) is 10.5. The molecule has 0 saturated carbocycles. The zero-order valence-electron chi connectivity index (χ0n) is 10.5. The van der Waals surface area contributed by atoms with Crippen LogP contribution in [-0.4, -0.2) is 4.89 Å². The first-order valence-corrected chi connectivity index (χ1v) is 7.86. The third-order valence-corrected chi connectivity index (χ3v) is 5.41. The predicted octanol–water partition coefficient (Wildman–Crippen LogP) is 3.28. The summed E-state index contributed by atoms with van der Waals surface area (Å²) in [5.41, 5.74) is 1.78. The van der Waals surface area contributed by atoms with Crippen LogP contribution in [0.5, 0.6) is 11.5 Å². The van der Waals surface area contributed by atoms with Gasteiger partial charge in [0.15, 0.2) is 0 Å². The highest BCUT2D eigenvalue weighted by Gasteiger charge is 2.37. The van der Waals surface area contributed by atoms with Crippen molar-refractivity contribution in [2.75, 3.05) is 0 Å². The molecule has 1 N–H and O–H groups in total. The van der Waals surface area contributed by atoms with E-state index in [-0.39, 0.29) is 5.30 Å². The SMILES string of the molecule is Cc1cc(C)c2c(c1)P(=O)(O)c1cc(Cl)ccc1O2. The Morgan fingerprint density at radius 2 is 1.89 bits per heavy atom. The zero-order valence-corrected chi connectivity index (χ0v) is 12.1. The first kappa shape index (κ1) is 12.7. The molecule has 1 unspecified atom stereocenters. The second kappa shape index (κ2) is 4.11. The summed E-state index contributed by atoms with van der Waals surface area (Å²) in [6, 6.07) is 8.41. The van der Waals surface area contributed by atoms with Crippen LogP contribution in [0.2, 0.25) is 5.02 Å². The first-order valence-electron chi connectivity index (χ1n) is 5.82. The maximum atomic E-state index is 12.8. The molecule has 1 aliphatic heterocycles. The van der Waals surface area contributed by atoms with Gasteiger partial charge in [-0.1, -0.05) is 17.7 Å². The van der Waals surface area contributed by atoms with E-state index in [0.29, 0.717) is 21.8 Å². The summed E-state index contributed by atoms with van der Waals surface area (Å²) in [5, 5.41) is 1.03. The molecular formula is C14H12ClO3P. The van der Waals surface area contributed by atoms with Crippen LogP contribution in [0.4, 0.5) is 0 Å². The standard InChI is InChI=1S/C14H12ClO3P/c1-8-5-9(2)14-13(6-8)19(16,17)12-7-10(15)3-4-11(12)18-14/h3-7H,1-2H3,(H,16,17). The molecule has 3 rings (SSSR count). The van der Waals surface area contributed by atoms with Crippen molar-refractivity contribution in [2.45, 2.75) is 13.8 Å². The molecule has 0 amide bonds. The van der Waals surface area contributed by atoms with E-state index >= 15 is 0 Å². The van der Waals surface area contributed by atoms with E-state index in [1.807, 2.05) is 19.9 Å². The first-order chi connectivity index (χ1) is 8.89. The van der Waals surface area contributed by atoms with Crippen LogP contribution in [0.3, 0.4) is 0 Å². The lowest BCUT2D eigenvalue weighted by Crippen LogP contribution is -2.25. The lowest BCUT2D eigenvalue weighted by Gasteiger charge is -2.26. The Morgan fingerprint density at radius 1 is 1.16 bits per heavy atom. The Hall–Kier alpha value is -1.28. The summed E-state index contributed by atoms with van der Waals surface area (Å²) < 4.78 is 18.5. The van der Waals surface area contributed by atoms with Gasteiger partial charge in [0.25, 0.3) is 7.37 Å². The molecule has 1 atom stereocenters. The van der Waals surface area contributed by atoms with Crippen LogP contribution in [0.1, 0.15) is 11.1 Å². The lowest BCUT2D eigenvalue weighted by atomic mass is 10.1. The molecule has 2 aromatic rings. The summed E-state index contributed by atoms with van der Waals surface area (Å²) in [6.45, 7) is 3.76. The number of halogens is 1. The Balaban J connectivity index is 2.34. The van der Waals surface area contributed by atoms with Crippen molar-refractivity contribution in [1.29, 1.82) is 0 Å². The van der Waals surface area contributed by atoms with Gasteiger partial charge in [0.2, 0.25) is 0 Å². The predicted molar refractivity (Wildman–Crippen MR) is 76.5 cm³/mol. The van der Waals surface area contributed by atoms with Crippen LogP contribution in [0, 0.1) is 13.8 Å². The molecule has 0 fully saturated rings. The van der Waals surface area contributed by atoms with Crippen LogP contribution in [0.25, 0.3) is 0 Å². The third kappa shape index (κ3) is 1.90. The van der Waals surface area contributed by atoms with E-state index in [1.165, 1.54) is 6.07 Å². The van der Waals surface area contributed by atoms with E-state index in [4.69, 9.17) is 16.3 Å². The quantitative estimate of drug-likeness (QED) is 0.759. The number of ether oxygens (including phenoxy) is 1. The molecule has 0 aliphatic carbocycles. The van der Waals surface area contributed by atoms with Gasteiger partial charge in [0.05, 0.1) is 10.6 Å². The van der Waals surface area contributed by atoms with Crippen LogP contribution in [0.15, 0.2) is 30.3 Å². The molecule has 2 aromatic carbocycles. The minimum Gasteiger partial charge on any atom is -0.455 e. The summed E-state index contributed by atoms with van der Waals surface area (Å²) in [6.07, 6.45) is 0. The van der Waals surface area contributed by atoms with E-state index < -0.39 is 7.37 Å². The fourth-order valence-electron chi connectivity index (χ4n) is 2.34. The van der Waals surface area contributed by atoms with Crippen LogP contribution in [-0.2, 0) is 4.57 Å². The zero-order chi connectivity index (χ0) is 13.8. The molecule has 98 valence electrons. The number of hydrogen-bond donors (Lipinski definition) is 1. The molecule has 3 nitrogen and oxygen atoms in total. The van der Waals surface area contributed by atoms with Gasteiger partial charge in [-0.2, -0.15) is 0 Å². The molecular weight excluding hydrogens is 283 g/mol. The molecule has 19 heavy (non-hydrogen) atoms. The average Bonchev–Trinajstić information content (AvgIpc) is 2.32. The highest BCUT2D eigenvalue weighted by Crippen LogP contribution is 2.50. The minimum absolute atomic E-state index is 0.262. The number of rotatable bonds is 0. The molecule has 1 aliphatic rings. The fourth-order valence-corrected chi connectivity index (χ4v) is 4.46. The van der Waals surface area contributed by atoms with Crippen molar-refractivity contribution in [2.24, 2.45) is 0 Å². The normalized spacial score (nSPS) is 20.4. The largest absolute Gasteiger partial charge is 0.455 e. The van der Waals surface area contributed by atoms with Gasteiger partial charge in [-0.3, -0.25) is 4.57 Å². The Kier molecular flexibility index (Phi) is 2.75. The monoisotopic (exact) mass is 294 g/mol. The van der Waals surface area contributed by atoms with E-state index in [9.17, 15) is 9.46 Å². The molecule has 0 radical (unpaired) electrons. The number of benzene rings is 2. The Morgan fingerprint density at radius 3 is 2.63 bits per heavy atom. The van der Waals surface area contributed by atoms with Gasteiger partial charge < -0.3 is 9.63 Å². The van der Waals surface area contributed by atoms with Crippen molar-refractivity contribution >= 4 is 29.6 Å². The molecule has 0 saturated heterocycles. The van der Waals surface area contributed by atoms with Gasteiger partial charge in [-0.15, -0.1) is 0 Å². The maximum absolute atomic E-state index is 12.8. The summed E-state index contributed by atoms with van der Waals surface area (Å²) >= 11 is 5.91. The van der Waals surface area contributed by atoms with E-state index in [0.717, 1.165) is 11.1 Å². The van der Waals surface area contributed by atoms with Crippen molar-refractivity contribution in [1.82, 2.24) is 0 Å². The molecule has 0 aromatic heterocycles. The molecule has 5 heteroatoms. The van der Waals surface area contributed by atoms with Gasteiger partial charge in [0, 0.05) is 5.02 Å². The highest BCUT2D eigenvalue weighted by atomic mass is 35.5. The van der Waals surface area contributed by atoms with Gasteiger partial charge in [0.1, 0.15) is 11.5 Å². The number of fused-ring (bicyclic) bond motifs is 2. The lowest BCUT2D eigenvalue weighted by molar-refractivity contribution is 0.463. The van der Waals surface area contributed by atoms with Crippen LogP contribution < -0.4 is 15.3 Å². The second-order valence-electron chi connectivity index (χ2n) is 4.72.